The lowest BCUT2D eigenvalue weighted by Crippen LogP contribution is -2.38. The smallest absolute Gasteiger partial charge is 0.191 e. The Labute approximate surface area is 151 Å². The first-order valence-corrected chi connectivity index (χ1v) is 8.47. The van der Waals surface area contributed by atoms with Gasteiger partial charge >= 0.3 is 0 Å². The minimum atomic E-state index is 0. The van der Waals surface area contributed by atoms with Crippen LogP contribution < -0.4 is 5.73 Å². The van der Waals surface area contributed by atoms with Crippen LogP contribution in [0.25, 0.3) is 0 Å². The molecule has 1 atom stereocenters. The monoisotopic (exact) mass is 413 g/mol. The Morgan fingerprint density at radius 1 is 1.09 bits per heavy atom. The van der Waals surface area contributed by atoms with Crippen molar-refractivity contribution in [3.8, 4) is 0 Å². The first-order chi connectivity index (χ1) is 10.3. The number of likely N-dealkylation sites (tertiary alicyclic amines) is 1. The molecule has 1 aliphatic heterocycles. The first-order valence-electron chi connectivity index (χ1n) is 8.47. The number of nitrogens with two attached hydrogens (primary N) is 1. The summed E-state index contributed by atoms with van der Waals surface area (Å²) < 4.78 is 0. The van der Waals surface area contributed by atoms with Crippen LogP contribution in [0.3, 0.4) is 0 Å². The van der Waals surface area contributed by atoms with Gasteiger partial charge in [-0.3, -0.25) is 4.99 Å². The fourth-order valence-electron chi connectivity index (χ4n) is 3.65. The Morgan fingerprint density at radius 2 is 1.82 bits per heavy atom. The summed E-state index contributed by atoms with van der Waals surface area (Å²) in [7, 11) is 0. The van der Waals surface area contributed by atoms with Crippen LogP contribution in [-0.2, 0) is 6.42 Å². The topological polar surface area (TPSA) is 41.6 Å². The van der Waals surface area contributed by atoms with E-state index in [0.29, 0.717) is 5.92 Å². The summed E-state index contributed by atoms with van der Waals surface area (Å²) in [6, 6.07) is 8.84. The molecule has 1 aliphatic carbocycles. The lowest BCUT2D eigenvalue weighted by Gasteiger charge is -2.25. The Bertz CT molecular complexity index is 493. The summed E-state index contributed by atoms with van der Waals surface area (Å²) in [6.45, 7) is 3.01. The lowest BCUT2D eigenvalue weighted by molar-refractivity contribution is 0.426. The van der Waals surface area contributed by atoms with E-state index in [9.17, 15) is 0 Å². The molecule has 4 heteroatoms. The molecule has 1 unspecified atom stereocenters. The number of rotatable bonds is 2. The molecule has 0 amide bonds. The van der Waals surface area contributed by atoms with E-state index in [4.69, 9.17) is 10.7 Å². The van der Waals surface area contributed by atoms with E-state index < -0.39 is 0 Å². The molecule has 1 aromatic rings. The summed E-state index contributed by atoms with van der Waals surface area (Å²) in [5, 5.41) is 0. The van der Waals surface area contributed by atoms with Crippen LogP contribution in [0.2, 0.25) is 0 Å². The van der Waals surface area contributed by atoms with Crippen molar-refractivity contribution >= 4 is 29.9 Å². The number of hydrogen-bond acceptors (Lipinski definition) is 1. The summed E-state index contributed by atoms with van der Waals surface area (Å²) in [5.74, 6) is 1.32. The van der Waals surface area contributed by atoms with Crippen molar-refractivity contribution in [2.75, 3.05) is 19.6 Å². The molecule has 0 bridgehead atoms. The van der Waals surface area contributed by atoms with Crippen LogP contribution in [0, 0.1) is 0 Å². The molecule has 0 saturated carbocycles. The molecule has 3 rings (SSSR count). The third-order valence-corrected chi connectivity index (χ3v) is 4.90. The molecule has 122 valence electrons. The maximum absolute atomic E-state index is 6.23. The standard InChI is InChI=1S/C18H27N3.HI/c19-18(21-12-5-1-2-6-13-21)20-14-16-10-7-9-15-8-3-4-11-17(15)16;/h3-4,8,11,16H,1-2,5-7,9-10,12-14H2,(H2,19,20);1H. The van der Waals surface area contributed by atoms with Crippen molar-refractivity contribution in [2.24, 2.45) is 10.7 Å². The van der Waals surface area contributed by atoms with Gasteiger partial charge in [0.15, 0.2) is 5.96 Å². The number of guanidine groups is 1. The van der Waals surface area contributed by atoms with E-state index in [0.717, 1.165) is 25.6 Å². The van der Waals surface area contributed by atoms with Gasteiger partial charge in [0.1, 0.15) is 0 Å². The molecule has 1 saturated heterocycles. The molecular weight excluding hydrogens is 385 g/mol. The van der Waals surface area contributed by atoms with E-state index in [1.54, 1.807) is 0 Å². The molecule has 0 radical (unpaired) electrons. The average Bonchev–Trinajstić information content (AvgIpc) is 2.82. The molecule has 0 spiro atoms. The molecule has 2 aliphatic rings. The van der Waals surface area contributed by atoms with Crippen molar-refractivity contribution in [3.63, 3.8) is 0 Å². The third-order valence-electron chi connectivity index (χ3n) is 4.90. The number of nitrogens with zero attached hydrogens (tertiary/aromatic N) is 2. The van der Waals surface area contributed by atoms with Crippen LogP contribution in [-0.4, -0.2) is 30.5 Å². The fourth-order valence-corrected chi connectivity index (χ4v) is 3.65. The maximum Gasteiger partial charge on any atom is 0.191 e. The summed E-state index contributed by atoms with van der Waals surface area (Å²) in [4.78, 5) is 7.01. The van der Waals surface area contributed by atoms with Gasteiger partial charge in [-0.2, -0.15) is 0 Å². The van der Waals surface area contributed by atoms with Gasteiger partial charge in [0, 0.05) is 25.6 Å². The second kappa shape index (κ2) is 8.75. The van der Waals surface area contributed by atoms with Crippen LogP contribution in [0.15, 0.2) is 29.3 Å². The van der Waals surface area contributed by atoms with Crippen LogP contribution in [0.4, 0.5) is 0 Å². The predicted molar refractivity (Wildman–Crippen MR) is 104 cm³/mol. The molecule has 2 N–H and O–H groups in total. The summed E-state index contributed by atoms with van der Waals surface area (Å²) >= 11 is 0. The summed E-state index contributed by atoms with van der Waals surface area (Å²) in [5.41, 5.74) is 9.24. The molecule has 1 aromatic carbocycles. The molecular formula is C18H28IN3. The van der Waals surface area contributed by atoms with Gasteiger partial charge in [0.05, 0.1) is 0 Å². The zero-order valence-corrected chi connectivity index (χ0v) is 15.7. The van der Waals surface area contributed by atoms with E-state index in [2.05, 4.69) is 29.2 Å². The third kappa shape index (κ3) is 4.37. The quantitative estimate of drug-likeness (QED) is 0.454. The van der Waals surface area contributed by atoms with Crippen molar-refractivity contribution in [1.82, 2.24) is 4.90 Å². The molecule has 3 nitrogen and oxygen atoms in total. The van der Waals surface area contributed by atoms with Gasteiger partial charge in [-0.05, 0) is 43.2 Å². The minimum Gasteiger partial charge on any atom is -0.370 e. The van der Waals surface area contributed by atoms with E-state index in [1.807, 2.05) is 0 Å². The Hall–Kier alpha value is -0.780. The second-order valence-corrected chi connectivity index (χ2v) is 6.39. The van der Waals surface area contributed by atoms with Crippen LogP contribution in [0.1, 0.15) is 55.6 Å². The highest BCUT2D eigenvalue weighted by Crippen LogP contribution is 2.31. The van der Waals surface area contributed by atoms with E-state index in [1.165, 1.54) is 56.1 Å². The number of aryl methyl sites for hydroxylation is 1. The number of halogens is 1. The Kier molecular flexibility index (Phi) is 6.99. The fraction of sp³-hybridized carbons (Fsp3) is 0.611. The lowest BCUT2D eigenvalue weighted by atomic mass is 9.83. The van der Waals surface area contributed by atoms with Gasteiger partial charge in [0.2, 0.25) is 0 Å². The number of hydrogen-bond donors (Lipinski definition) is 1. The van der Waals surface area contributed by atoms with Gasteiger partial charge in [-0.25, -0.2) is 0 Å². The Balaban J connectivity index is 0.00000176. The maximum atomic E-state index is 6.23. The second-order valence-electron chi connectivity index (χ2n) is 6.39. The van der Waals surface area contributed by atoms with Gasteiger partial charge in [-0.1, -0.05) is 37.1 Å². The highest BCUT2D eigenvalue weighted by atomic mass is 127. The number of fused-ring (bicyclic) bond motifs is 1. The number of aliphatic imine (C=N–C) groups is 1. The van der Waals surface area contributed by atoms with Crippen molar-refractivity contribution in [1.29, 1.82) is 0 Å². The number of benzene rings is 1. The molecule has 1 heterocycles. The van der Waals surface area contributed by atoms with Crippen molar-refractivity contribution < 1.29 is 0 Å². The zero-order valence-electron chi connectivity index (χ0n) is 13.3. The Morgan fingerprint density at radius 3 is 2.59 bits per heavy atom. The van der Waals surface area contributed by atoms with Gasteiger partial charge < -0.3 is 10.6 Å². The molecule has 1 fully saturated rings. The normalized spacial score (nSPS) is 22.5. The minimum absolute atomic E-state index is 0. The largest absolute Gasteiger partial charge is 0.370 e. The van der Waals surface area contributed by atoms with E-state index in [-0.39, 0.29) is 24.0 Å². The molecule has 22 heavy (non-hydrogen) atoms. The SMILES string of the molecule is I.NC(=NCC1CCCc2ccccc21)N1CCCCCC1. The first kappa shape index (κ1) is 17.6. The van der Waals surface area contributed by atoms with Crippen molar-refractivity contribution in [2.45, 2.75) is 50.9 Å². The molecule has 0 aromatic heterocycles. The highest BCUT2D eigenvalue weighted by Gasteiger charge is 2.20. The van der Waals surface area contributed by atoms with Gasteiger partial charge in [-0.15, -0.1) is 24.0 Å². The van der Waals surface area contributed by atoms with Crippen LogP contribution >= 0.6 is 24.0 Å². The predicted octanol–water partition coefficient (Wildman–Crippen LogP) is 3.92. The zero-order chi connectivity index (χ0) is 14.5. The highest BCUT2D eigenvalue weighted by molar-refractivity contribution is 14.0. The van der Waals surface area contributed by atoms with Gasteiger partial charge in [0.25, 0.3) is 0 Å². The summed E-state index contributed by atoms with van der Waals surface area (Å²) in [6.07, 6.45) is 8.91. The van der Waals surface area contributed by atoms with Crippen molar-refractivity contribution in [3.05, 3.63) is 35.4 Å². The average molecular weight is 413 g/mol. The van der Waals surface area contributed by atoms with E-state index >= 15 is 0 Å². The van der Waals surface area contributed by atoms with Crippen LogP contribution in [0.5, 0.6) is 0 Å².